The van der Waals surface area contributed by atoms with Crippen molar-refractivity contribution >= 4 is 53.9 Å². The predicted molar refractivity (Wildman–Crippen MR) is 165 cm³/mol. The fourth-order valence-corrected chi connectivity index (χ4v) is 6.40. The molecule has 40 heavy (non-hydrogen) atoms. The number of fused-ring (bicyclic) bond motifs is 10. The first-order valence-electron chi connectivity index (χ1n) is 13.4. The molecule has 0 aliphatic rings. The Balaban J connectivity index is 1.63. The van der Waals surface area contributed by atoms with Crippen molar-refractivity contribution in [2.45, 2.75) is 0 Å². The maximum absolute atomic E-state index is 13.9. The summed E-state index contributed by atoms with van der Waals surface area (Å²) in [4.78, 5) is 0. The molecule has 0 N–H and O–H groups in total. The molecule has 0 unspecified atom stereocenters. The molecule has 0 aromatic heterocycles. The van der Waals surface area contributed by atoms with Crippen molar-refractivity contribution in [2.24, 2.45) is 0 Å². The topological polar surface area (TPSA) is 0 Å². The van der Waals surface area contributed by atoms with Crippen LogP contribution in [-0.2, 0) is 0 Å². The lowest BCUT2D eigenvalue weighted by Gasteiger charge is -2.19. The Morgan fingerprint density at radius 1 is 0.300 bits per heavy atom. The van der Waals surface area contributed by atoms with Crippen LogP contribution in [0.2, 0.25) is 0 Å². The van der Waals surface area contributed by atoms with Gasteiger partial charge in [-0.15, -0.1) is 0 Å². The van der Waals surface area contributed by atoms with Crippen LogP contribution in [0.5, 0.6) is 0 Å². The maximum Gasteiger partial charge on any atom is 0.123 e. The molecule has 0 saturated carbocycles. The lowest BCUT2D eigenvalue weighted by atomic mass is 9.84. The molecule has 188 valence electrons. The fourth-order valence-electron chi connectivity index (χ4n) is 6.40. The molecule has 0 bridgehead atoms. The summed E-state index contributed by atoms with van der Waals surface area (Å²) in [5.41, 5.74) is 4.14. The second-order valence-electron chi connectivity index (χ2n) is 10.3. The Bertz CT molecular complexity index is 2100. The first kappa shape index (κ1) is 22.9. The third-order valence-electron chi connectivity index (χ3n) is 8.16. The first-order valence-corrected chi connectivity index (χ1v) is 13.4. The summed E-state index contributed by atoms with van der Waals surface area (Å²) in [5, 5.41) is 11.7. The molecule has 0 fully saturated rings. The van der Waals surface area contributed by atoms with Crippen molar-refractivity contribution in [3.8, 4) is 22.3 Å². The molecule has 8 aromatic rings. The van der Waals surface area contributed by atoms with Crippen LogP contribution < -0.4 is 0 Å². The molecular formula is C38H22F2. The van der Waals surface area contributed by atoms with E-state index in [4.69, 9.17) is 0 Å². The van der Waals surface area contributed by atoms with E-state index < -0.39 is 0 Å². The first-order chi connectivity index (χ1) is 19.7. The van der Waals surface area contributed by atoms with Crippen molar-refractivity contribution in [3.05, 3.63) is 145 Å². The van der Waals surface area contributed by atoms with Crippen LogP contribution >= 0.6 is 0 Å². The van der Waals surface area contributed by atoms with Crippen LogP contribution in [-0.4, -0.2) is 0 Å². The Hall–Kier alpha value is -5.08. The number of hydrogen-bond donors (Lipinski definition) is 0. The van der Waals surface area contributed by atoms with Crippen LogP contribution in [0.25, 0.3) is 76.1 Å². The average molecular weight is 517 g/mol. The van der Waals surface area contributed by atoms with E-state index in [1.165, 1.54) is 56.6 Å². The van der Waals surface area contributed by atoms with E-state index in [0.717, 1.165) is 43.8 Å². The molecule has 0 nitrogen and oxygen atoms in total. The van der Waals surface area contributed by atoms with E-state index in [1.54, 1.807) is 0 Å². The number of rotatable bonds is 2. The monoisotopic (exact) mass is 516 g/mol. The van der Waals surface area contributed by atoms with Gasteiger partial charge in [0, 0.05) is 0 Å². The van der Waals surface area contributed by atoms with Crippen molar-refractivity contribution < 1.29 is 8.78 Å². The zero-order valence-corrected chi connectivity index (χ0v) is 21.5. The Morgan fingerprint density at radius 3 is 1.00 bits per heavy atom. The van der Waals surface area contributed by atoms with Gasteiger partial charge in [-0.05, 0) is 113 Å². The summed E-state index contributed by atoms with van der Waals surface area (Å²) < 4.78 is 27.7. The molecule has 8 aromatic carbocycles. The average Bonchev–Trinajstić information content (AvgIpc) is 3.01. The predicted octanol–water partition coefficient (Wildman–Crippen LogP) is 11.1. The van der Waals surface area contributed by atoms with Crippen LogP contribution in [0.1, 0.15) is 0 Å². The quantitative estimate of drug-likeness (QED) is 0.200. The third-order valence-corrected chi connectivity index (χ3v) is 8.16. The number of halogens is 2. The highest BCUT2D eigenvalue weighted by atomic mass is 19.1. The summed E-state index contributed by atoms with van der Waals surface area (Å²) in [6.07, 6.45) is 0. The van der Waals surface area contributed by atoms with Gasteiger partial charge >= 0.3 is 0 Å². The summed E-state index contributed by atoms with van der Waals surface area (Å²) >= 11 is 0. The van der Waals surface area contributed by atoms with Crippen molar-refractivity contribution in [3.63, 3.8) is 0 Å². The van der Waals surface area contributed by atoms with Gasteiger partial charge in [-0.3, -0.25) is 0 Å². The van der Waals surface area contributed by atoms with Crippen LogP contribution in [0, 0.1) is 11.6 Å². The molecule has 0 atom stereocenters. The Labute approximate surface area is 229 Å². The second-order valence-corrected chi connectivity index (χ2v) is 10.3. The minimum Gasteiger partial charge on any atom is -0.207 e. The van der Waals surface area contributed by atoms with Gasteiger partial charge in [-0.2, -0.15) is 0 Å². The van der Waals surface area contributed by atoms with E-state index in [2.05, 4.69) is 84.9 Å². The molecule has 0 radical (unpaired) electrons. The Morgan fingerprint density at radius 2 is 0.625 bits per heavy atom. The molecule has 8 rings (SSSR count). The molecule has 0 heterocycles. The molecular weight excluding hydrogens is 494 g/mol. The van der Waals surface area contributed by atoms with Gasteiger partial charge in [0.2, 0.25) is 0 Å². The zero-order valence-electron chi connectivity index (χ0n) is 21.5. The van der Waals surface area contributed by atoms with Crippen molar-refractivity contribution in [1.82, 2.24) is 0 Å². The van der Waals surface area contributed by atoms with Crippen molar-refractivity contribution in [1.29, 1.82) is 0 Å². The number of hydrogen-bond acceptors (Lipinski definition) is 0. The summed E-state index contributed by atoms with van der Waals surface area (Å²) in [7, 11) is 0. The molecule has 0 spiro atoms. The molecule has 2 heteroatoms. The third kappa shape index (κ3) is 3.36. The smallest absolute Gasteiger partial charge is 0.123 e. The maximum atomic E-state index is 13.9. The van der Waals surface area contributed by atoms with Gasteiger partial charge in [0.15, 0.2) is 0 Å². The highest BCUT2D eigenvalue weighted by Crippen LogP contribution is 2.46. The van der Waals surface area contributed by atoms with Gasteiger partial charge in [0.1, 0.15) is 11.6 Å². The SMILES string of the molecule is Fc1ccc(-c2cc3c4ccccc4c4cc(-c5ccc(F)cc5)c5ccccc5c4c3c3ccccc23)cc1. The molecule has 0 saturated heterocycles. The fraction of sp³-hybridized carbons (Fsp3) is 0. The largest absolute Gasteiger partial charge is 0.207 e. The zero-order chi connectivity index (χ0) is 26.8. The molecule has 0 aliphatic carbocycles. The second kappa shape index (κ2) is 8.72. The highest BCUT2D eigenvalue weighted by Gasteiger charge is 2.18. The lowest BCUT2D eigenvalue weighted by molar-refractivity contribution is 0.627. The number of benzene rings is 8. The summed E-state index contributed by atoms with van der Waals surface area (Å²) in [6, 6.07) is 43.6. The van der Waals surface area contributed by atoms with Gasteiger partial charge in [0.05, 0.1) is 0 Å². The van der Waals surface area contributed by atoms with Crippen LogP contribution in [0.4, 0.5) is 8.78 Å². The van der Waals surface area contributed by atoms with Gasteiger partial charge in [0.25, 0.3) is 0 Å². The van der Waals surface area contributed by atoms with Crippen LogP contribution in [0.3, 0.4) is 0 Å². The minimum absolute atomic E-state index is 0.242. The highest BCUT2D eigenvalue weighted by molar-refractivity contribution is 6.38. The Kier molecular flexibility index (Phi) is 4.99. The minimum atomic E-state index is -0.242. The van der Waals surface area contributed by atoms with E-state index in [1.807, 2.05) is 24.3 Å². The molecule has 0 aliphatic heterocycles. The van der Waals surface area contributed by atoms with Gasteiger partial charge in [-0.1, -0.05) is 97.1 Å². The van der Waals surface area contributed by atoms with E-state index in [9.17, 15) is 8.78 Å². The van der Waals surface area contributed by atoms with E-state index in [-0.39, 0.29) is 11.6 Å². The molecule has 0 amide bonds. The summed E-state index contributed by atoms with van der Waals surface area (Å²) in [5.74, 6) is -0.484. The standard InChI is InChI=1S/C38H22F2/c39-25-17-13-23(14-18-25)33-21-35-27-7-1-2-8-28(27)36-22-34(24-15-19-26(40)20-16-24)30-10-4-6-12-32(30)38(36)37(35)31-11-5-3-9-29(31)33/h1-22H. The normalized spacial score (nSPS) is 11.8. The van der Waals surface area contributed by atoms with Gasteiger partial charge < -0.3 is 0 Å². The lowest BCUT2D eigenvalue weighted by Crippen LogP contribution is -1.91. The van der Waals surface area contributed by atoms with E-state index in [0.29, 0.717) is 0 Å². The van der Waals surface area contributed by atoms with Gasteiger partial charge in [-0.25, -0.2) is 8.78 Å². The van der Waals surface area contributed by atoms with Crippen molar-refractivity contribution in [2.75, 3.05) is 0 Å². The summed E-state index contributed by atoms with van der Waals surface area (Å²) in [6.45, 7) is 0. The van der Waals surface area contributed by atoms with Crippen LogP contribution in [0.15, 0.2) is 133 Å². The van der Waals surface area contributed by atoms with E-state index >= 15 is 0 Å².